The highest BCUT2D eigenvalue weighted by Gasteiger charge is 2.42. The number of rotatable bonds is 13. The van der Waals surface area contributed by atoms with Crippen molar-refractivity contribution in [3.63, 3.8) is 0 Å². The van der Waals surface area contributed by atoms with Gasteiger partial charge in [0.05, 0.1) is 21.8 Å². The molecular weight excluding hydrogens is 700 g/mol. The molecule has 48 heavy (non-hydrogen) atoms. The predicted octanol–water partition coefficient (Wildman–Crippen LogP) is 4.40. The molecule has 1 atom stereocenters. The Morgan fingerprint density at radius 2 is 1.88 bits per heavy atom. The van der Waals surface area contributed by atoms with Crippen LogP contribution >= 0.6 is 22.9 Å². The number of amides is 1. The minimum Gasteiger partial charge on any atom is -0.748 e. The molecule has 0 radical (unpaired) electrons. The topological polar surface area (TPSA) is 169 Å². The second kappa shape index (κ2) is 14.4. The largest absolute Gasteiger partial charge is 0.748 e. The summed E-state index contributed by atoms with van der Waals surface area (Å²) in [6.45, 7) is 1.03. The number of sulfonamides is 1. The number of nitrogens with zero attached hydrogens (tertiary/aromatic N) is 4. The maximum absolute atomic E-state index is 13.0. The average Bonchev–Trinajstić information content (AvgIpc) is 3.49. The second-order valence-electron chi connectivity index (χ2n) is 10.8. The standard InChI is InChI=1S/C32H29ClN4O8S3/c1-22(32(39)45-21-37-31(38)26-6-2-3-7-29(26)48(37,43)44)35(18-16-34)25-12-8-23(9-13-25)10-15-30-36(17-4-5-19-47(40,41)42)27-20-24(33)11-14-28(27)46-30/h2-3,6-15,20,22H,4-5,17-19,21H2,1H3. The summed E-state index contributed by atoms with van der Waals surface area (Å²) in [5.41, 5.74) is 2.23. The Labute approximate surface area is 286 Å². The quantitative estimate of drug-likeness (QED) is 0.0632. The van der Waals surface area contributed by atoms with Crippen molar-refractivity contribution in [1.82, 2.24) is 4.31 Å². The van der Waals surface area contributed by atoms with Crippen molar-refractivity contribution >= 4 is 83.0 Å². The van der Waals surface area contributed by atoms with E-state index in [9.17, 15) is 36.2 Å². The number of anilines is 1. The van der Waals surface area contributed by atoms with Crippen LogP contribution in [0.2, 0.25) is 5.02 Å². The highest BCUT2D eigenvalue weighted by Crippen LogP contribution is 2.30. The smallest absolute Gasteiger partial charge is 0.330 e. The van der Waals surface area contributed by atoms with Crippen molar-refractivity contribution in [1.29, 1.82) is 5.26 Å². The van der Waals surface area contributed by atoms with Gasteiger partial charge in [-0.2, -0.15) is 14.1 Å². The summed E-state index contributed by atoms with van der Waals surface area (Å²) in [5.74, 6) is -2.04. The number of hydrogen-bond acceptors (Lipinski definition) is 11. The van der Waals surface area contributed by atoms with Crippen LogP contribution in [0.15, 0.2) is 71.6 Å². The molecule has 0 saturated heterocycles. The fraction of sp³-hybridized carbons (Fsp3) is 0.250. The number of halogens is 1. The highest BCUT2D eigenvalue weighted by atomic mass is 35.5. The second-order valence-corrected chi connectivity index (χ2v) is 15.7. The van der Waals surface area contributed by atoms with E-state index in [4.69, 9.17) is 16.3 Å². The molecular formula is C32H29ClN4O8S3. The molecule has 1 aliphatic heterocycles. The van der Waals surface area contributed by atoms with Gasteiger partial charge >= 0.3 is 5.97 Å². The number of benzene rings is 3. The van der Waals surface area contributed by atoms with Crippen molar-refractivity contribution in [3.05, 3.63) is 87.9 Å². The van der Waals surface area contributed by atoms with E-state index in [0.717, 1.165) is 20.8 Å². The number of aromatic nitrogens is 1. The number of aryl methyl sites for hydroxylation is 1. The first kappa shape index (κ1) is 35.0. The summed E-state index contributed by atoms with van der Waals surface area (Å²) in [6.07, 6.45) is 4.51. The molecule has 0 bridgehead atoms. The lowest BCUT2D eigenvalue weighted by Crippen LogP contribution is -2.42. The molecule has 3 aromatic carbocycles. The van der Waals surface area contributed by atoms with E-state index in [-0.39, 0.29) is 23.4 Å². The fourth-order valence-corrected chi connectivity index (χ4v) is 8.40. The van der Waals surface area contributed by atoms with Gasteiger partial charge in [0, 0.05) is 35.0 Å². The van der Waals surface area contributed by atoms with Gasteiger partial charge in [-0.15, -0.1) is 0 Å². The zero-order valence-corrected chi connectivity index (χ0v) is 28.7. The molecule has 0 N–H and O–H groups in total. The van der Waals surface area contributed by atoms with Gasteiger partial charge in [-0.3, -0.25) is 4.79 Å². The van der Waals surface area contributed by atoms with E-state index < -0.39 is 50.5 Å². The van der Waals surface area contributed by atoms with E-state index >= 15 is 0 Å². The maximum Gasteiger partial charge on any atom is 0.330 e. The van der Waals surface area contributed by atoms with Gasteiger partial charge in [-0.25, -0.2) is 21.6 Å². The van der Waals surface area contributed by atoms with Gasteiger partial charge in [0.25, 0.3) is 20.9 Å². The minimum absolute atomic E-state index is 0.00172. The third kappa shape index (κ3) is 7.69. The molecule has 12 nitrogen and oxygen atoms in total. The van der Waals surface area contributed by atoms with Crippen LogP contribution in [-0.4, -0.2) is 62.6 Å². The van der Waals surface area contributed by atoms with Gasteiger partial charge in [-0.05, 0) is 61.4 Å². The van der Waals surface area contributed by atoms with Crippen LogP contribution in [0.1, 0.15) is 40.7 Å². The molecule has 0 fully saturated rings. The number of carbonyl (C=O) groups is 2. The first-order chi connectivity index (χ1) is 22.8. The number of carbonyl (C=O) groups excluding carboxylic acids is 2. The van der Waals surface area contributed by atoms with Crippen LogP contribution < -0.4 is 9.47 Å². The Hall–Kier alpha value is -4.33. The SMILES string of the molecule is CC(C(=O)OCN1C(=O)c2ccccc2S1(=O)=O)N(CC#N)c1ccc(/C=C/c2sc3ccc(Cl)cc3[n+]2CCCCS(=O)(=O)[O-])cc1. The lowest BCUT2D eigenvalue weighted by molar-refractivity contribution is -0.669. The number of unbranched alkanes of at least 4 members (excludes halogenated alkanes) is 1. The van der Waals surface area contributed by atoms with E-state index in [1.165, 1.54) is 41.4 Å². The van der Waals surface area contributed by atoms with E-state index in [0.29, 0.717) is 28.0 Å². The number of fused-ring (bicyclic) bond motifs is 2. The van der Waals surface area contributed by atoms with E-state index in [1.54, 1.807) is 36.4 Å². The fourth-order valence-electron chi connectivity index (χ4n) is 5.18. The van der Waals surface area contributed by atoms with Gasteiger partial charge < -0.3 is 14.2 Å². The molecule has 1 aliphatic rings. The molecule has 0 aliphatic carbocycles. The monoisotopic (exact) mass is 728 g/mol. The molecule has 0 spiro atoms. The normalized spacial score (nSPS) is 14.6. The molecule has 0 saturated carbocycles. The molecule has 1 amide bonds. The molecule has 5 rings (SSSR count). The van der Waals surface area contributed by atoms with Gasteiger partial charge in [0.15, 0.2) is 13.3 Å². The van der Waals surface area contributed by atoms with Crippen LogP contribution in [0.4, 0.5) is 5.69 Å². The Kier molecular flexibility index (Phi) is 10.5. The molecule has 4 aromatic rings. The zero-order valence-electron chi connectivity index (χ0n) is 25.5. The summed E-state index contributed by atoms with van der Waals surface area (Å²) in [7, 11) is -8.45. The third-order valence-electron chi connectivity index (χ3n) is 7.65. The van der Waals surface area contributed by atoms with Gasteiger partial charge in [-0.1, -0.05) is 47.2 Å². The van der Waals surface area contributed by atoms with Crippen LogP contribution in [0.25, 0.3) is 22.4 Å². The first-order valence-corrected chi connectivity index (χ1v) is 18.8. The Bertz CT molecular complexity index is 2160. The van der Waals surface area contributed by atoms with Gasteiger partial charge in [0.1, 0.15) is 22.2 Å². The van der Waals surface area contributed by atoms with Crippen molar-refractivity contribution in [3.8, 4) is 6.07 Å². The number of nitriles is 1. The molecule has 250 valence electrons. The zero-order chi connectivity index (χ0) is 34.6. The summed E-state index contributed by atoms with van der Waals surface area (Å²) >= 11 is 7.77. The molecule has 2 heterocycles. The van der Waals surface area contributed by atoms with Crippen LogP contribution in [0, 0.1) is 11.3 Å². The van der Waals surface area contributed by atoms with E-state index in [2.05, 4.69) is 0 Å². The number of hydrogen-bond donors (Lipinski definition) is 0. The van der Waals surface area contributed by atoms with Gasteiger partial charge in [0.2, 0.25) is 5.52 Å². The third-order valence-corrected chi connectivity index (χ3v) is 11.6. The van der Waals surface area contributed by atoms with Crippen molar-refractivity contribution in [2.24, 2.45) is 0 Å². The number of thiazole rings is 1. The van der Waals surface area contributed by atoms with Crippen molar-refractivity contribution < 1.29 is 40.3 Å². The van der Waals surface area contributed by atoms with Crippen LogP contribution in [0.3, 0.4) is 0 Å². The summed E-state index contributed by atoms with van der Waals surface area (Å²) in [5, 5.41) is 10.9. The Morgan fingerprint density at radius 3 is 2.56 bits per heavy atom. The Balaban J connectivity index is 1.28. The van der Waals surface area contributed by atoms with Crippen LogP contribution in [0.5, 0.6) is 0 Å². The van der Waals surface area contributed by atoms with Crippen molar-refractivity contribution in [2.75, 3.05) is 23.9 Å². The number of ether oxygens (including phenoxy) is 1. The molecule has 1 unspecified atom stereocenters. The predicted molar refractivity (Wildman–Crippen MR) is 179 cm³/mol. The minimum atomic E-state index is -4.29. The molecule has 16 heteroatoms. The van der Waals surface area contributed by atoms with E-state index in [1.807, 2.05) is 34.9 Å². The highest BCUT2D eigenvalue weighted by molar-refractivity contribution is 7.90. The first-order valence-electron chi connectivity index (χ1n) is 14.6. The lowest BCUT2D eigenvalue weighted by atomic mass is 10.1. The summed E-state index contributed by atoms with van der Waals surface area (Å²) in [6, 6.07) is 19.4. The lowest BCUT2D eigenvalue weighted by Gasteiger charge is -2.28. The van der Waals surface area contributed by atoms with Crippen molar-refractivity contribution in [2.45, 2.75) is 37.2 Å². The number of esters is 1. The molecule has 1 aromatic heterocycles. The summed E-state index contributed by atoms with van der Waals surface area (Å²) < 4.78 is 67.5. The Morgan fingerprint density at radius 1 is 1.15 bits per heavy atom. The maximum atomic E-state index is 13.0. The van der Waals surface area contributed by atoms with Crippen LogP contribution in [-0.2, 0) is 36.2 Å². The summed E-state index contributed by atoms with van der Waals surface area (Å²) in [4.78, 5) is 27.0. The average molecular weight is 729 g/mol.